The highest BCUT2D eigenvalue weighted by atomic mass is 32.1. The van der Waals surface area contributed by atoms with Gasteiger partial charge in [0.2, 0.25) is 0 Å². The zero-order chi connectivity index (χ0) is 19.2. The zero-order valence-electron chi connectivity index (χ0n) is 14.9. The standard InChI is InChI=1S/C20H18FN3O2S/c1-13-19(27-14(2)23-13)20(25)24-22-11-15-6-5-8-17(10-15)26-12-16-7-3-4-9-18(16)21/h3-11H,12H2,1-2H3,(H,24,25)/b22-11+. The average molecular weight is 383 g/mol. The molecule has 0 saturated heterocycles. The number of nitrogens with one attached hydrogen (secondary N) is 1. The van der Waals surface area contributed by atoms with Gasteiger partial charge < -0.3 is 4.74 Å². The lowest BCUT2D eigenvalue weighted by atomic mass is 10.2. The Balaban J connectivity index is 1.60. The van der Waals surface area contributed by atoms with Gasteiger partial charge in [-0.05, 0) is 37.6 Å². The third-order valence-corrected chi connectivity index (χ3v) is 4.77. The number of hydrogen-bond acceptors (Lipinski definition) is 5. The Bertz CT molecular complexity index is 985. The number of nitrogens with zero attached hydrogens (tertiary/aromatic N) is 2. The van der Waals surface area contributed by atoms with E-state index in [2.05, 4.69) is 15.5 Å². The number of hydrogen-bond donors (Lipinski definition) is 1. The minimum Gasteiger partial charge on any atom is -0.489 e. The van der Waals surface area contributed by atoms with E-state index in [1.165, 1.54) is 23.6 Å². The van der Waals surface area contributed by atoms with Crippen molar-refractivity contribution in [2.24, 2.45) is 5.10 Å². The predicted molar refractivity (Wildman–Crippen MR) is 104 cm³/mol. The Kier molecular flexibility index (Phi) is 5.93. The minimum atomic E-state index is -0.300. The molecule has 1 N–H and O–H groups in total. The largest absolute Gasteiger partial charge is 0.489 e. The van der Waals surface area contributed by atoms with Gasteiger partial charge in [-0.3, -0.25) is 4.79 Å². The van der Waals surface area contributed by atoms with Gasteiger partial charge in [-0.2, -0.15) is 5.10 Å². The van der Waals surface area contributed by atoms with Crippen molar-refractivity contribution in [3.63, 3.8) is 0 Å². The molecule has 3 rings (SSSR count). The molecule has 1 aromatic heterocycles. The van der Waals surface area contributed by atoms with Gasteiger partial charge in [-0.25, -0.2) is 14.8 Å². The van der Waals surface area contributed by atoms with Crippen LogP contribution in [0.4, 0.5) is 4.39 Å². The van der Waals surface area contributed by atoms with Crippen molar-refractivity contribution in [3.8, 4) is 5.75 Å². The van der Waals surface area contributed by atoms with Crippen LogP contribution in [0.5, 0.6) is 5.75 Å². The number of aromatic nitrogens is 1. The quantitative estimate of drug-likeness (QED) is 0.511. The summed E-state index contributed by atoms with van der Waals surface area (Å²) in [6, 6.07) is 13.7. The van der Waals surface area contributed by atoms with E-state index in [1.54, 1.807) is 43.3 Å². The maximum atomic E-state index is 13.6. The molecule has 5 nitrogen and oxygen atoms in total. The molecule has 7 heteroatoms. The number of benzene rings is 2. The Hall–Kier alpha value is -3.06. The lowest BCUT2D eigenvalue weighted by Crippen LogP contribution is -2.17. The Labute approximate surface area is 160 Å². The molecule has 0 aliphatic rings. The fourth-order valence-corrected chi connectivity index (χ4v) is 3.23. The van der Waals surface area contributed by atoms with E-state index in [9.17, 15) is 9.18 Å². The molecule has 1 heterocycles. The summed E-state index contributed by atoms with van der Waals surface area (Å²) in [6.07, 6.45) is 1.52. The van der Waals surface area contributed by atoms with E-state index in [0.717, 1.165) is 10.6 Å². The van der Waals surface area contributed by atoms with Crippen LogP contribution in [0.3, 0.4) is 0 Å². The van der Waals surface area contributed by atoms with Crippen LogP contribution in [-0.2, 0) is 6.61 Å². The molecule has 0 fully saturated rings. The number of carbonyl (C=O) groups is 1. The van der Waals surface area contributed by atoms with Crippen LogP contribution in [0.1, 0.15) is 31.5 Å². The van der Waals surface area contributed by atoms with Gasteiger partial charge in [-0.15, -0.1) is 11.3 Å². The first-order chi connectivity index (χ1) is 13.0. The molecule has 0 atom stereocenters. The Morgan fingerprint density at radius 1 is 1.26 bits per heavy atom. The number of hydrazone groups is 1. The van der Waals surface area contributed by atoms with Crippen molar-refractivity contribution in [1.29, 1.82) is 0 Å². The number of amides is 1. The van der Waals surface area contributed by atoms with Gasteiger partial charge in [0.1, 0.15) is 23.1 Å². The molecule has 0 unspecified atom stereocenters. The summed E-state index contributed by atoms with van der Waals surface area (Å²) in [5.74, 6) is -0.00436. The highest BCUT2D eigenvalue weighted by Crippen LogP contribution is 2.17. The predicted octanol–water partition coefficient (Wildman–Crippen LogP) is 4.24. The zero-order valence-corrected chi connectivity index (χ0v) is 15.7. The molecular weight excluding hydrogens is 365 g/mol. The highest BCUT2D eigenvalue weighted by molar-refractivity contribution is 7.13. The number of ether oxygens (including phenoxy) is 1. The monoisotopic (exact) mass is 383 g/mol. The molecule has 0 spiro atoms. The summed E-state index contributed by atoms with van der Waals surface area (Å²) >= 11 is 1.33. The van der Waals surface area contributed by atoms with Gasteiger partial charge in [0.15, 0.2) is 0 Å². The maximum absolute atomic E-state index is 13.6. The number of aryl methyl sites for hydroxylation is 2. The number of thiazole rings is 1. The molecule has 3 aromatic rings. The SMILES string of the molecule is Cc1nc(C)c(C(=O)N/N=C/c2cccc(OCc3ccccc3F)c2)s1. The van der Waals surface area contributed by atoms with Crippen molar-refractivity contribution in [2.75, 3.05) is 0 Å². The molecule has 0 bridgehead atoms. The summed E-state index contributed by atoms with van der Waals surface area (Å²) < 4.78 is 19.3. The van der Waals surface area contributed by atoms with Crippen LogP contribution in [0, 0.1) is 19.7 Å². The lowest BCUT2D eigenvalue weighted by molar-refractivity contribution is 0.0958. The first-order valence-electron chi connectivity index (χ1n) is 8.26. The molecular formula is C20H18FN3O2S. The molecule has 27 heavy (non-hydrogen) atoms. The first kappa shape index (κ1) is 18.7. The Morgan fingerprint density at radius 2 is 2.07 bits per heavy atom. The molecule has 1 amide bonds. The summed E-state index contributed by atoms with van der Waals surface area (Å²) in [5.41, 5.74) is 4.42. The van der Waals surface area contributed by atoms with E-state index in [0.29, 0.717) is 21.9 Å². The van der Waals surface area contributed by atoms with Crippen LogP contribution in [0.15, 0.2) is 53.6 Å². The molecule has 0 radical (unpaired) electrons. The first-order valence-corrected chi connectivity index (χ1v) is 9.08. The summed E-state index contributed by atoms with van der Waals surface area (Å²) in [4.78, 5) is 16.9. The van der Waals surface area contributed by atoms with Gasteiger partial charge >= 0.3 is 0 Å². The fraction of sp³-hybridized carbons (Fsp3) is 0.150. The van der Waals surface area contributed by atoms with Gasteiger partial charge in [-0.1, -0.05) is 30.3 Å². The van der Waals surface area contributed by atoms with Gasteiger partial charge in [0.25, 0.3) is 5.91 Å². The minimum absolute atomic E-state index is 0.133. The van der Waals surface area contributed by atoms with Crippen molar-refractivity contribution < 1.29 is 13.9 Å². The van der Waals surface area contributed by atoms with Gasteiger partial charge in [0, 0.05) is 5.56 Å². The number of halogens is 1. The maximum Gasteiger partial charge on any atom is 0.283 e. The van der Waals surface area contributed by atoms with Crippen molar-refractivity contribution in [3.05, 3.63) is 81.1 Å². The van der Waals surface area contributed by atoms with E-state index in [-0.39, 0.29) is 18.3 Å². The summed E-state index contributed by atoms with van der Waals surface area (Å²) in [7, 11) is 0. The third kappa shape index (κ3) is 4.98. The van der Waals surface area contributed by atoms with E-state index in [4.69, 9.17) is 4.74 Å². The summed E-state index contributed by atoms with van der Waals surface area (Å²) in [6.45, 7) is 3.77. The number of carbonyl (C=O) groups excluding carboxylic acids is 1. The molecule has 0 saturated carbocycles. The average Bonchev–Trinajstić information content (AvgIpc) is 3.00. The second-order valence-corrected chi connectivity index (χ2v) is 7.00. The fourth-order valence-electron chi connectivity index (χ4n) is 2.42. The van der Waals surface area contributed by atoms with Crippen LogP contribution in [0.25, 0.3) is 0 Å². The molecule has 0 aliphatic heterocycles. The molecule has 2 aromatic carbocycles. The van der Waals surface area contributed by atoms with Crippen LogP contribution >= 0.6 is 11.3 Å². The highest BCUT2D eigenvalue weighted by Gasteiger charge is 2.12. The number of rotatable bonds is 6. The van der Waals surface area contributed by atoms with Crippen LogP contribution in [-0.4, -0.2) is 17.1 Å². The van der Waals surface area contributed by atoms with Crippen LogP contribution in [0.2, 0.25) is 0 Å². The van der Waals surface area contributed by atoms with Crippen molar-refractivity contribution in [1.82, 2.24) is 10.4 Å². The normalized spacial score (nSPS) is 10.9. The van der Waals surface area contributed by atoms with Crippen LogP contribution < -0.4 is 10.2 Å². The third-order valence-electron chi connectivity index (χ3n) is 3.70. The van der Waals surface area contributed by atoms with E-state index >= 15 is 0 Å². The molecule has 138 valence electrons. The lowest BCUT2D eigenvalue weighted by Gasteiger charge is -2.07. The van der Waals surface area contributed by atoms with Gasteiger partial charge in [0.05, 0.1) is 16.9 Å². The van der Waals surface area contributed by atoms with Crippen molar-refractivity contribution in [2.45, 2.75) is 20.5 Å². The topological polar surface area (TPSA) is 63.6 Å². The van der Waals surface area contributed by atoms with E-state index in [1.807, 2.05) is 13.0 Å². The molecule has 0 aliphatic carbocycles. The Morgan fingerprint density at radius 3 is 2.81 bits per heavy atom. The second kappa shape index (κ2) is 8.55. The summed E-state index contributed by atoms with van der Waals surface area (Å²) in [5, 5.41) is 4.82. The van der Waals surface area contributed by atoms with Crippen molar-refractivity contribution >= 4 is 23.5 Å². The smallest absolute Gasteiger partial charge is 0.283 e. The van der Waals surface area contributed by atoms with E-state index < -0.39 is 0 Å². The second-order valence-electron chi connectivity index (χ2n) is 5.80.